The molecule has 0 saturated heterocycles. The molecule has 1 aromatic rings. The van der Waals surface area contributed by atoms with Gasteiger partial charge in [0.15, 0.2) is 0 Å². The average molecular weight is 285 g/mol. The number of hydrogen-bond acceptors (Lipinski definition) is 3. The van der Waals surface area contributed by atoms with Gasteiger partial charge in [-0.3, -0.25) is 0 Å². The van der Waals surface area contributed by atoms with Crippen LogP contribution in [-0.2, 0) is 10.0 Å². The number of nitrogens with one attached hydrogen (secondary N) is 1. The van der Waals surface area contributed by atoms with Crippen LogP contribution in [0, 0.1) is 13.8 Å². The number of benzene rings is 1. The van der Waals surface area contributed by atoms with E-state index in [1.54, 1.807) is 12.1 Å². The Morgan fingerprint density at radius 3 is 2.32 bits per heavy atom. The maximum absolute atomic E-state index is 12.4. The molecule has 0 aliphatic rings. The maximum atomic E-state index is 12.4. The van der Waals surface area contributed by atoms with Gasteiger partial charge in [-0.05, 0) is 57.4 Å². The molecular formula is C14H23NO3S. The second-order valence-electron chi connectivity index (χ2n) is 4.75. The van der Waals surface area contributed by atoms with E-state index in [1.807, 2.05) is 34.6 Å². The first-order valence-corrected chi connectivity index (χ1v) is 8.06. The highest BCUT2D eigenvalue weighted by molar-refractivity contribution is 7.89. The van der Waals surface area contributed by atoms with E-state index in [1.165, 1.54) is 0 Å². The Morgan fingerprint density at radius 2 is 1.79 bits per heavy atom. The van der Waals surface area contributed by atoms with Gasteiger partial charge in [0.1, 0.15) is 10.6 Å². The van der Waals surface area contributed by atoms with Crippen molar-refractivity contribution in [1.82, 2.24) is 4.72 Å². The molecule has 0 aliphatic heterocycles. The molecule has 0 radical (unpaired) electrons. The molecule has 108 valence electrons. The van der Waals surface area contributed by atoms with Crippen LogP contribution in [0.25, 0.3) is 0 Å². The molecule has 0 saturated carbocycles. The van der Waals surface area contributed by atoms with E-state index in [0.29, 0.717) is 12.4 Å². The third kappa shape index (κ3) is 3.94. The van der Waals surface area contributed by atoms with Crippen molar-refractivity contribution in [2.75, 3.05) is 6.61 Å². The van der Waals surface area contributed by atoms with Crippen molar-refractivity contribution in [3.63, 3.8) is 0 Å². The van der Waals surface area contributed by atoms with Crippen LogP contribution in [0.4, 0.5) is 0 Å². The van der Waals surface area contributed by atoms with Crippen LogP contribution in [0.15, 0.2) is 17.0 Å². The minimum Gasteiger partial charge on any atom is -0.492 e. The highest BCUT2D eigenvalue weighted by Crippen LogP contribution is 2.27. The lowest BCUT2D eigenvalue weighted by molar-refractivity contribution is 0.330. The van der Waals surface area contributed by atoms with Crippen molar-refractivity contribution in [3.05, 3.63) is 23.3 Å². The van der Waals surface area contributed by atoms with Gasteiger partial charge in [-0.15, -0.1) is 0 Å². The summed E-state index contributed by atoms with van der Waals surface area (Å²) in [7, 11) is -3.54. The Balaban J connectivity index is 3.27. The van der Waals surface area contributed by atoms with Gasteiger partial charge in [-0.1, -0.05) is 6.92 Å². The van der Waals surface area contributed by atoms with Crippen molar-refractivity contribution in [3.8, 4) is 5.75 Å². The Morgan fingerprint density at radius 1 is 1.21 bits per heavy atom. The van der Waals surface area contributed by atoms with Crippen molar-refractivity contribution >= 4 is 10.0 Å². The number of hydrogen-bond donors (Lipinski definition) is 1. The molecule has 4 nitrogen and oxygen atoms in total. The highest BCUT2D eigenvalue weighted by atomic mass is 32.2. The normalized spacial score (nSPS) is 13.3. The summed E-state index contributed by atoms with van der Waals surface area (Å²) in [4.78, 5) is 0.220. The van der Waals surface area contributed by atoms with Crippen LogP contribution >= 0.6 is 0 Å². The second-order valence-corrected chi connectivity index (χ2v) is 6.43. The minimum atomic E-state index is -3.54. The van der Waals surface area contributed by atoms with E-state index < -0.39 is 10.0 Å². The fraction of sp³-hybridized carbons (Fsp3) is 0.571. The summed E-state index contributed by atoms with van der Waals surface area (Å²) >= 11 is 0. The van der Waals surface area contributed by atoms with Crippen LogP contribution in [0.2, 0.25) is 0 Å². The molecule has 19 heavy (non-hydrogen) atoms. The lowest BCUT2D eigenvalue weighted by Gasteiger charge is -2.16. The third-order valence-electron chi connectivity index (χ3n) is 3.12. The van der Waals surface area contributed by atoms with Crippen LogP contribution in [0.3, 0.4) is 0 Å². The minimum absolute atomic E-state index is 0.0962. The van der Waals surface area contributed by atoms with E-state index in [4.69, 9.17) is 4.74 Å². The molecule has 1 atom stereocenters. The Hall–Kier alpha value is -1.07. The molecule has 0 heterocycles. The molecule has 0 amide bonds. The standard InChI is InChI=1S/C14H23NO3S/c1-6-12(5)15-19(16,17)14-9-11(4)10(3)8-13(14)18-7-2/h8-9,12,15H,6-7H2,1-5H3/t12-/m0/s1. The number of aryl methyl sites for hydroxylation is 2. The van der Waals surface area contributed by atoms with Gasteiger partial charge in [-0.2, -0.15) is 0 Å². The zero-order valence-corrected chi connectivity index (χ0v) is 13.1. The molecule has 1 rings (SSSR count). The lowest BCUT2D eigenvalue weighted by Crippen LogP contribution is -2.32. The molecule has 0 fully saturated rings. The van der Waals surface area contributed by atoms with Gasteiger partial charge in [-0.25, -0.2) is 13.1 Å². The van der Waals surface area contributed by atoms with E-state index >= 15 is 0 Å². The van der Waals surface area contributed by atoms with Crippen LogP contribution in [-0.4, -0.2) is 21.1 Å². The van der Waals surface area contributed by atoms with Crippen molar-refractivity contribution in [2.24, 2.45) is 0 Å². The third-order valence-corrected chi connectivity index (χ3v) is 4.73. The first kappa shape index (κ1) is 16.0. The first-order chi connectivity index (χ1) is 8.81. The van der Waals surface area contributed by atoms with Gasteiger partial charge in [0.25, 0.3) is 0 Å². The van der Waals surface area contributed by atoms with Gasteiger partial charge in [0.2, 0.25) is 10.0 Å². The Kier molecular flexibility index (Phi) is 5.38. The summed E-state index contributed by atoms with van der Waals surface area (Å²) in [5.74, 6) is 0.418. The summed E-state index contributed by atoms with van der Waals surface area (Å²) in [6, 6.07) is 3.36. The molecule has 0 bridgehead atoms. The van der Waals surface area contributed by atoms with E-state index in [0.717, 1.165) is 17.5 Å². The fourth-order valence-electron chi connectivity index (χ4n) is 1.65. The molecule has 5 heteroatoms. The highest BCUT2D eigenvalue weighted by Gasteiger charge is 2.22. The van der Waals surface area contributed by atoms with E-state index in [2.05, 4.69) is 4.72 Å². The monoisotopic (exact) mass is 285 g/mol. The summed E-state index contributed by atoms with van der Waals surface area (Å²) in [5, 5.41) is 0. The van der Waals surface area contributed by atoms with Crippen molar-refractivity contribution in [1.29, 1.82) is 0 Å². The van der Waals surface area contributed by atoms with Crippen molar-refractivity contribution in [2.45, 2.75) is 52.0 Å². The summed E-state index contributed by atoms with van der Waals surface area (Å²) in [6.07, 6.45) is 0.744. The predicted octanol–water partition coefficient (Wildman–Crippen LogP) is 2.78. The quantitative estimate of drug-likeness (QED) is 0.874. The van der Waals surface area contributed by atoms with Crippen LogP contribution in [0.5, 0.6) is 5.75 Å². The smallest absolute Gasteiger partial charge is 0.244 e. The zero-order valence-electron chi connectivity index (χ0n) is 12.3. The molecule has 1 aromatic carbocycles. The van der Waals surface area contributed by atoms with Gasteiger partial charge in [0, 0.05) is 6.04 Å². The second kappa shape index (κ2) is 6.39. The number of ether oxygens (including phenoxy) is 1. The van der Waals surface area contributed by atoms with E-state index in [-0.39, 0.29) is 10.9 Å². The fourth-order valence-corrected chi connectivity index (χ4v) is 3.19. The van der Waals surface area contributed by atoms with E-state index in [9.17, 15) is 8.42 Å². The number of sulfonamides is 1. The average Bonchev–Trinajstić information content (AvgIpc) is 2.33. The van der Waals surface area contributed by atoms with Crippen LogP contribution in [0.1, 0.15) is 38.3 Å². The number of rotatable bonds is 6. The van der Waals surface area contributed by atoms with Gasteiger partial charge in [0.05, 0.1) is 6.61 Å². The zero-order chi connectivity index (χ0) is 14.6. The van der Waals surface area contributed by atoms with Gasteiger partial charge < -0.3 is 4.74 Å². The SMILES string of the molecule is CCOc1cc(C)c(C)cc1S(=O)(=O)N[C@@H](C)CC. The molecule has 0 unspecified atom stereocenters. The Labute approximate surface area is 116 Å². The van der Waals surface area contributed by atoms with Crippen LogP contribution < -0.4 is 9.46 Å². The Bertz CT molecular complexity index is 538. The molecule has 0 aromatic heterocycles. The van der Waals surface area contributed by atoms with Crippen molar-refractivity contribution < 1.29 is 13.2 Å². The lowest BCUT2D eigenvalue weighted by atomic mass is 10.1. The predicted molar refractivity (Wildman–Crippen MR) is 77.2 cm³/mol. The van der Waals surface area contributed by atoms with Gasteiger partial charge >= 0.3 is 0 Å². The summed E-state index contributed by atoms with van der Waals surface area (Å²) in [5.41, 5.74) is 1.96. The molecular weight excluding hydrogens is 262 g/mol. The molecule has 0 spiro atoms. The molecule has 0 aliphatic carbocycles. The molecule has 1 N–H and O–H groups in total. The maximum Gasteiger partial charge on any atom is 0.244 e. The first-order valence-electron chi connectivity index (χ1n) is 6.58. The summed E-state index contributed by atoms with van der Waals surface area (Å²) in [6.45, 7) is 9.90. The largest absolute Gasteiger partial charge is 0.492 e. The summed E-state index contributed by atoms with van der Waals surface area (Å²) < 4.78 is 32.9. The topological polar surface area (TPSA) is 55.4 Å².